The second kappa shape index (κ2) is 29.2. The molecule has 0 heterocycles. The number of methoxy groups -OCH3 is 5. The van der Waals surface area contributed by atoms with Gasteiger partial charge in [-0.15, -0.1) is 12.4 Å². The molecular formula is C44H72ClN3O5. The van der Waals surface area contributed by atoms with Crippen molar-refractivity contribution in [3.8, 4) is 34.8 Å². The molecule has 0 N–H and O–H groups in total. The van der Waals surface area contributed by atoms with Crippen LogP contribution >= 0.6 is 12.4 Å². The average Bonchev–Trinajstić information content (AvgIpc) is 3.18. The first-order valence-electron chi connectivity index (χ1n) is 20.2. The minimum absolute atomic E-state index is 0. The lowest BCUT2D eigenvalue weighted by atomic mass is 9.73. The second-order valence-corrected chi connectivity index (χ2v) is 14.3. The predicted octanol–water partition coefficient (Wildman–Crippen LogP) is 12.8. The number of rotatable bonds is 31. The van der Waals surface area contributed by atoms with Crippen LogP contribution in [0.3, 0.4) is 0 Å². The monoisotopic (exact) mass is 758 g/mol. The molecule has 300 valence electrons. The highest BCUT2D eigenvalue weighted by atomic mass is 35.5. The molecule has 0 bridgehead atoms. The Morgan fingerprint density at radius 2 is 1.09 bits per heavy atom. The van der Waals surface area contributed by atoms with Crippen LogP contribution in [0.4, 0.5) is 0 Å². The van der Waals surface area contributed by atoms with Crippen LogP contribution in [0.15, 0.2) is 40.6 Å². The Labute approximate surface area is 329 Å². The molecule has 53 heavy (non-hydrogen) atoms. The number of ether oxygens (including phenoxy) is 5. The zero-order chi connectivity index (χ0) is 37.9. The van der Waals surface area contributed by atoms with Crippen LogP contribution in [0.2, 0.25) is 0 Å². The third-order valence-corrected chi connectivity index (χ3v) is 10.5. The molecular weight excluding hydrogens is 686 g/mol. The van der Waals surface area contributed by atoms with Crippen molar-refractivity contribution in [2.75, 3.05) is 42.6 Å². The number of hydrogen-bond donors (Lipinski definition) is 0. The van der Waals surface area contributed by atoms with Crippen molar-refractivity contribution in [1.82, 2.24) is 0 Å². The van der Waals surface area contributed by atoms with E-state index in [0.717, 1.165) is 62.0 Å². The van der Waals surface area contributed by atoms with Gasteiger partial charge >= 0.3 is 0 Å². The summed E-state index contributed by atoms with van der Waals surface area (Å²) in [5.41, 5.74) is 1.41. The van der Waals surface area contributed by atoms with Crippen molar-refractivity contribution in [3.63, 3.8) is 0 Å². The number of nitriles is 1. The molecule has 0 aromatic heterocycles. The van der Waals surface area contributed by atoms with Gasteiger partial charge in [0.25, 0.3) is 0 Å². The molecule has 2 rings (SSSR count). The van der Waals surface area contributed by atoms with Crippen LogP contribution < -0.4 is 23.7 Å². The minimum atomic E-state index is -0.680. The van der Waals surface area contributed by atoms with E-state index in [2.05, 4.69) is 29.3 Å². The summed E-state index contributed by atoms with van der Waals surface area (Å²) >= 11 is 0. The van der Waals surface area contributed by atoms with Gasteiger partial charge in [0, 0.05) is 7.05 Å². The fraction of sp³-hybridized carbons (Fsp3) is 0.705. The Balaban J connectivity index is 0.0000140. The van der Waals surface area contributed by atoms with Gasteiger partial charge in [0.1, 0.15) is 0 Å². The van der Waals surface area contributed by atoms with Gasteiger partial charge in [0.15, 0.2) is 23.0 Å². The molecule has 0 radical (unpaired) electrons. The quantitative estimate of drug-likeness (QED) is 0.0561. The van der Waals surface area contributed by atoms with E-state index in [1.54, 1.807) is 42.6 Å². The number of hydrogen-bond acceptors (Lipinski definition) is 8. The fourth-order valence-electron chi connectivity index (χ4n) is 7.35. The third-order valence-electron chi connectivity index (χ3n) is 10.5. The van der Waals surface area contributed by atoms with E-state index in [0.29, 0.717) is 23.7 Å². The molecule has 0 aliphatic rings. The normalized spacial score (nSPS) is 12.8. The van der Waals surface area contributed by atoms with E-state index >= 15 is 0 Å². The third kappa shape index (κ3) is 17.2. The van der Waals surface area contributed by atoms with Gasteiger partial charge in [0.2, 0.25) is 5.75 Å². The summed E-state index contributed by atoms with van der Waals surface area (Å²) in [6.45, 7) is 2.28. The lowest BCUT2D eigenvalue weighted by molar-refractivity contribution is 0.321. The van der Waals surface area contributed by atoms with E-state index in [1.165, 1.54) is 95.5 Å². The summed E-state index contributed by atoms with van der Waals surface area (Å²) in [6, 6.07) is 12.8. The van der Waals surface area contributed by atoms with Crippen molar-refractivity contribution < 1.29 is 23.7 Å². The molecule has 0 saturated heterocycles. The Bertz CT molecular complexity index is 1290. The van der Waals surface area contributed by atoms with Crippen molar-refractivity contribution in [1.29, 1.82) is 5.26 Å². The van der Waals surface area contributed by atoms with Crippen molar-refractivity contribution in [3.05, 3.63) is 41.5 Å². The molecule has 2 atom stereocenters. The summed E-state index contributed by atoms with van der Waals surface area (Å²) in [5.74, 6) is 3.15. The van der Waals surface area contributed by atoms with Gasteiger partial charge in [-0.1, -0.05) is 116 Å². The summed E-state index contributed by atoms with van der Waals surface area (Å²) in [6.07, 6.45) is 26.1. The Morgan fingerprint density at radius 1 is 0.604 bits per heavy atom. The topological polar surface area (TPSA) is 94.7 Å². The second-order valence-electron chi connectivity index (χ2n) is 14.3. The Morgan fingerprint density at radius 3 is 1.55 bits per heavy atom. The van der Waals surface area contributed by atoms with Crippen LogP contribution in [0.25, 0.3) is 0 Å². The number of unbranched alkanes of at least 4 members (excludes halogenated alkanes) is 15. The van der Waals surface area contributed by atoms with Gasteiger partial charge in [-0.25, -0.2) is 0 Å². The molecule has 0 fully saturated rings. The molecule has 2 aromatic rings. The number of halogens is 1. The first kappa shape index (κ1) is 47.8. The highest BCUT2D eigenvalue weighted by molar-refractivity contribution is 5.85. The van der Waals surface area contributed by atoms with E-state index in [9.17, 15) is 5.26 Å². The van der Waals surface area contributed by atoms with E-state index in [4.69, 9.17) is 23.7 Å². The molecule has 8 nitrogen and oxygen atoms in total. The maximum atomic E-state index is 10.9. The molecule has 9 heteroatoms. The largest absolute Gasteiger partial charge is 0.493 e. The lowest BCUT2D eigenvalue weighted by Gasteiger charge is -2.29. The van der Waals surface area contributed by atoms with Crippen LogP contribution in [-0.2, 0) is 11.8 Å². The van der Waals surface area contributed by atoms with Crippen molar-refractivity contribution in [2.24, 2.45) is 10.2 Å². The van der Waals surface area contributed by atoms with Gasteiger partial charge in [0.05, 0.1) is 53.1 Å². The van der Waals surface area contributed by atoms with Crippen molar-refractivity contribution in [2.45, 2.75) is 160 Å². The maximum Gasteiger partial charge on any atom is 0.203 e. The molecule has 0 aliphatic carbocycles. The zero-order valence-electron chi connectivity index (χ0n) is 34.3. The molecule has 2 aromatic carbocycles. The summed E-state index contributed by atoms with van der Waals surface area (Å²) in [7, 11) is 9.90. The van der Waals surface area contributed by atoms with E-state index in [-0.39, 0.29) is 18.4 Å². The number of nitrogens with zero attached hydrogens (tertiary/aromatic N) is 3. The zero-order valence-corrected chi connectivity index (χ0v) is 35.1. The highest BCUT2D eigenvalue weighted by Crippen LogP contribution is 2.45. The first-order chi connectivity index (χ1) is 25.4. The number of aryl methyl sites for hydroxylation is 1. The average molecular weight is 759 g/mol. The predicted molar refractivity (Wildman–Crippen MR) is 221 cm³/mol. The SMILES string of the molecule is CCCCCCCCCCCCCCCCCCC(C#N)(CCCC(CCc1ccc(OC)c(OC)c1)N=NC)c1cc(OC)c(OC)c(OC)c1.Cl. The smallest absolute Gasteiger partial charge is 0.203 e. The molecule has 0 spiro atoms. The van der Waals surface area contributed by atoms with Gasteiger partial charge in [-0.3, -0.25) is 0 Å². The lowest BCUT2D eigenvalue weighted by Crippen LogP contribution is -2.25. The standard InChI is InChI=1S/C44H71N3O5.ClH/c1-8-9-10-11-12-13-14-15-16-17-18-19-20-21-22-23-30-44(35-45,37-33-41(50-5)43(52-7)42(34-37)51-6)31-24-25-38(47-46-2)28-26-36-27-29-39(48-3)40(32-36)49-4;/h27,29,32-34,38H,8-26,28,30-31H2,1-7H3;1H. The number of azo groups is 1. The molecule has 0 amide bonds. The van der Waals surface area contributed by atoms with E-state index in [1.807, 2.05) is 24.3 Å². The van der Waals surface area contributed by atoms with E-state index < -0.39 is 5.41 Å². The summed E-state index contributed by atoms with van der Waals surface area (Å²) in [5, 5.41) is 19.6. The van der Waals surface area contributed by atoms with Crippen LogP contribution in [-0.4, -0.2) is 48.6 Å². The van der Waals surface area contributed by atoms with Crippen LogP contribution in [0.1, 0.15) is 153 Å². The van der Waals surface area contributed by atoms with Crippen LogP contribution in [0.5, 0.6) is 28.7 Å². The molecule has 0 aliphatic heterocycles. The first-order valence-corrected chi connectivity index (χ1v) is 20.2. The van der Waals surface area contributed by atoms with Crippen molar-refractivity contribution >= 4 is 12.4 Å². The van der Waals surface area contributed by atoms with Crippen LogP contribution in [0, 0.1) is 11.3 Å². The molecule has 2 unspecified atom stereocenters. The Kier molecular flexibility index (Phi) is 26.4. The van der Waals surface area contributed by atoms with Gasteiger partial charge < -0.3 is 23.7 Å². The maximum absolute atomic E-state index is 10.9. The Hall–Kier alpha value is -3.18. The summed E-state index contributed by atoms with van der Waals surface area (Å²) in [4.78, 5) is 0. The summed E-state index contributed by atoms with van der Waals surface area (Å²) < 4.78 is 28.0. The molecule has 0 saturated carbocycles. The van der Waals surface area contributed by atoms with Gasteiger partial charge in [-0.2, -0.15) is 15.5 Å². The van der Waals surface area contributed by atoms with Gasteiger partial charge in [-0.05, 0) is 73.9 Å². The highest BCUT2D eigenvalue weighted by Gasteiger charge is 2.34. The number of benzene rings is 2. The minimum Gasteiger partial charge on any atom is -0.493 e. The fourth-order valence-corrected chi connectivity index (χ4v) is 7.35.